The Morgan fingerprint density at radius 1 is 1.45 bits per heavy atom. The molecule has 0 aliphatic rings. The first-order valence-corrected chi connectivity index (χ1v) is 5.54. The smallest absolute Gasteiger partial charge is 0.282 e. The zero-order valence-electron chi connectivity index (χ0n) is 10.2. The number of nitrogens with two attached hydrogens (primary N) is 1. The normalized spacial score (nSPS) is 10.1. The molecular weight excluding hydrogens is 266 g/mol. The Balaban J connectivity index is 2.20. The summed E-state index contributed by atoms with van der Waals surface area (Å²) < 4.78 is 4.81. The Hall–Kier alpha value is -2.94. The second-order valence-electron chi connectivity index (χ2n) is 3.79. The monoisotopic (exact) mass is 277 g/mol. The molecule has 0 radical (unpaired) electrons. The van der Waals surface area contributed by atoms with Crippen LogP contribution < -0.4 is 16.6 Å². The number of carbonyl (C=O) groups excluding carboxylic acids is 1. The lowest BCUT2D eigenvalue weighted by atomic mass is 10.1. The van der Waals surface area contributed by atoms with Crippen molar-refractivity contribution >= 4 is 17.3 Å². The number of hydrogen-bond donors (Lipinski definition) is 3. The van der Waals surface area contributed by atoms with E-state index in [2.05, 4.69) is 15.9 Å². The summed E-state index contributed by atoms with van der Waals surface area (Å²) in [6.07, 6.45) is 1.43. The first kappa shape index (κ1) is 13.5. The maximum atomic E-state index is 12.0. The van der Waals surface area contributed by atoms with Gasteiger partial charge in [0.25, 0.3) is 11.6 Å². The predicted octanol–water partition coefficient (Wildman–Crippen LogP) is 0.798. The molecule has 9 heteroatoms. The van der Waals surface area contributed by atoms with Gasteiger partial charge in [-0.1, -0.05) is 5.16 Å². The average molecular weight is 277 g/mol. The molecule has 0 spiro atoms. The first-order chi connectivity index (χ1) is 9.61. The fourth-order valence-electron chi connectivity index (χ4n) is 1.56. The molecule has 1 amide bonds. The second kappa shape index (κ2) is 5.80. The van der Waals surface area contributed by atoms with Crippen molar-refractivity contribution in [3.63, 3.8) is 0 Å². The molecule has 0 saturated heterocycles. The molecule has 20 heavy (non-hydrogen) atoms. The topological polar surface area (TPSA) is 136 Å². The second-order valence-corrected chi connectivity index (χ2v) is 3.79. The summed E-state index contributed by atoms with van der Waals surface area (Å²) in [6.45, 7) is 0.0796. The number of hydrazine groups is 1. The number of hydrogen-bond acceptors (Lipinski definition) is 7. The van der Waals surface area contributed by atoms with Crippen molar-refractivity contribution in [2.45, 2.75) is 6.54 Å². The number of benzene rings is 1. The Labute approximate surface area is 112 Å². The minimum Gasteiger partial charge on any atom is -0.360 e. The largest absolute Gasteiger partial charge is 0.360 e. The lowest BCUT2D eigenvalue weighted by Crippen LogP contribution is -2.23. The van der Waals surface area contributed by atoms with Gasteiger partial charge in [0.05, 0.1) is 17.7 Å². The lowest BCUT2D eigenvalue weighted by Gasteiger charge is -2.06. The van der Waals surface area contributed by atoms with E-state index in [0.717, 1.165) is 0 Å². The van der Waals surface area contributed by atoms with Gasteiger partial charge in [-0.2, -0.15) is 0 Å². The molecule has 0 bridgehead atoms. The van der Waals surface area contributed by atoms with Gasteiger partial charge in [0.15, 0.2) is 5.76 Å². The standard InChI is InChI=1S/C11H11N5O4/c12-15-7-1-2-10(16(18)19)9(5-7)11(17)13-6-8-3-4-14-20-8/h1-5,15H,6,12H2,(H,13,17). The van der Waals surface area contributed by atoms with E-state index >= 15 is 0 Å². The van der Waals surface area contributed by atoms with Crippen molar-refractivity contribution in [2.75, 3.05) is 5.43 Å². The highest BCUT2D eigenvalue weighted by Gasteiger charge is 2.20. The van der Waals surface area contributed by atoms with Crippen LogP contribution in [0.3, 0.4) is 0 Å². The number of aromatic nitrogens is 1. The quantitative estimate of drug-likeness (QED) is 0.417. The lowest BCUT2D eigenvalue weighted by molar-refractivity contribution is -0.385. The number of nitrogens with zero attached hydrogens (tertiary/aromatic N) is 2. The summed E-state index contributed by atoms with van der Waals surface area (Å²) in [4.78, 5) is 22.3. The van der Waals surface area contributed by atoms with Gasteiger partial charge < -0.3 is 15.3 Å². The van der Waals surface area contributed by atoms with Gasteiger partial charge in [0.2, 0.25) is 0 Å². The minimum absolute atomic E-state index is 0.0796. The molecule has 104 valence electrons. The first-order valence-electron chi connectivity index (χ1n) is 5.54. The van der Waals surface area contributed by atoms with Crippen molar-refractivity contribution in [3.8, 4) is 0 Å². The third-order valence-corrected chi connectivity index (χ3v) is 2.52. The van der Waals surface area contributed by atoms with Crippen LogP contribution >= 0.6 is 0 Å². The number of nitrogens with one attached hydrogen (secondary N) is 2. The third-order valence-electron chi connectivity index (χ3n) is 2.52. The number of rotatable bonds is 5. The van der Waals surface area contributed by atoms with E-state index in [1.54, 1.807) is 6.07 Å². The van der Waals surface area contributed by atoms with Gasteiger partial charge in [-0.3, -0.25) is 20.8 Å². The van der Waals surface area contributed by atoms with Crippen molar-refractivity contribution in [1.82, 2.24) is 10.5 Å². The predicted molar refractivity (Wildman–Crippen MR) is 68.6 cm³/mol. The van der Waals surface area contributed by atoms with Crippen LogP contribution in [0.2, 0.25) is 0 Å². The Morgan fingerprint density at radius 2 is 2.25 bits per heavy atom. The number of carbonyl (C=O) groups is 1. The minimum atomic E-state index is -0.635. The summed E-state index contributed by atoms with van der Waals surface area (Å²) in [6, 6.07) is 5.49. The Morgan fingerprint density at radius 3 is 2.85 bits per heavy atom. The molecule has 2 rings (SSSR count). The average Bonchev–Trinajstić information content (AvgIpc) is 2.97. The van der Waals surface area contributed by atoms with Gasteiger partial charge in [-0.25, -0.2) is 0 Å². The SMILES string of the molecule is NNc1ccc([N+](=O)[O-])c(C(=O)NCc2ccno2)c1. The van der Waals surface area contributed by atoms with E-state index in [-0.39, 0.29) is 17.8 Å². The molecule has 9 nitrogen and oxygen atoms in total. The molecule has 0 fully saturated rings. The molecule has 1 aromatic heterocycles. The Kier molecular flexibility index (Phi) is 3.91. The highest BCUT2D eigenvalue weighted by atomic mass is 16.6. The number of anilines is 1. The van der Waals surface area contributed by atoms with Gasteiger partial charge in [-0.15, -0.1) is 0 Å². The summed E-state index contributed by atoms with van der Waals surface area (Å²) in [5.41, 5.74) is 2.32. The number of nitrogen functional groups attached to an aromatic ring is 1. The van der Waals surface area contributed by atoms with Crippen LogP contribution in [0.25, 0.3) is 0 Å². The number of amides is 1. The van der Waals surface area contributed by atoms with Crippen molar-refractivity contribution in [1.29, 1.82) is 0 Å². The molecule has 4 N–H and O–H groups in total. The number of nitro benzene ring substituents is 1. The van der Waals surface area contributed by atoms with Crippen molar-refractivity contribution in [2.24, 2.45) is 5.84 Å². The fourth-order valence-corrected chi connectivity index (χ4v) is 1.56. The third kappa shape index (κ3) is 2.90. The van der Waals surface area contributed by atoms with E-state index in [0.29, 0.717) is 11.4 Å². The van der Waals surface area contributed by atoms with Gasteiger partial charge in [-0.05, 0) is 12.1 Å². The highest BCUT2D eigenvalue weighted by Crippen LogP contribution is 2.22. The summed E-state index contributed by atoms with van der Waals surface area (Å²) >= 11 is 0. The van der Waals surface area contributed by atoms with Crippen LogP contribution in [0.5, 0.6) is 0 Å². The molecule has 0 unspecified atom stereocenters. The zero-order valence-corrected chi connectivity index (χ0v) is 10.2. The molecule has 1 heterocycles. The maximum Gasteiger partial charge on any atom is 0.282 e. The molecule has 0 saturated carbocycles. The molecular formula is C11H11N5O4. The van der Waals surface area contributed by atoms with E-state index in [9.17, 15) is 14.9 Å². The van der Waals surface area contributed by atoms with E-state index < -0.39 is 10.8 Å². The zero-order chi connectivity index (χ0) is 14.5. The molecule has 0 atom stereocenters. The molecule has 1 aromatic carbocycles. The van der Waals surface area contributed by atoms with Gasteiger partial charge in [0, 0.05) is 17.8 Å². The van der Waals surface area contributed by atoms with Crippen molar-refractivity contribution in [3.05, 3.63) is 51.9 Å². The summed E-state index contributed by atoms with van der Waals surface area (Å²) in [5.74, 6) is 5.05. The van der Waals surface area contributed by atoms with Crippen LogP contribution in [0.1, 0.15) is 16.1 Å². The van der Waals surface area contributed by atoms with Crippen LogP contribution in [0.4, 0.5) is 11.4 Å². The van der Waals surface area contributed by atoms with Crippen LogP contribution in [-0.2, 0) is 6.54 Å². The maximum absolute atomic E-state index is 12.0. The van der Waals surface area contributed by atoms with E-state index in [1.807, 2.05) is 0 Å². The fraction of sp³-hybridized carbons (Fsp3) is 0.0909. The summed E-state index contributed by atoms with van der Waals surface area (Å²) in [5, 5.41) is 16.9. The van der Waals surface area contributed by atoms with Crippen LogP contribution in [-0.4, -0.2) is 16.0 Å². The van der Waals surface area contributed by atoms with E-state index in [4.69, 9.17) is 10.4 Å². The summed E-state index contributed by atoms with van der Waals surface area (Å²) in [7, 11) is 0. The highest BCUT2D eigenvalue weighted by molar-refractivity contribution is 5.99. The van der Waals surface area contributed by atoms with Gasteiger partial charge >= 0.3 is 0 Å². The number of nitro groups is 1. The van der Waals surface area contributed by atoms with Gasteiger partial charge in [0.1, 0.15) is 5.56 Å². The Bertz CT molecular complexity index is 626. The van der Waals surface area contributed by atoms with Crippen LogP contribution in [0, 0.1) is 10.1 Å². The molecule has 0 aliphatic carbocycles. The molecule has 0 aliphatic heterocycles. The van der Waals surface area contributed by atoms with Crippen LogP contribution in [0.15, 0.2) is 35.0 Å². The van der Waals surface area contributed by atoms with Crippen molar-refractivity contribution < 1.29 is 14.2 Å². The molecule has 2 aromatic rings. The van der Waals surface area contributed by atoms with E-state index in [1.165, 1.54) is 24.4 Å².